The van der Waals surface area contributed by atoms with Gasteiger partial charge in [0.25, 0.3) is 10.2 Å². The van der Waals surface area contributed by atoms with Crippen molar-refractivity contribution < 1.29 is 8.42 Å². The monoisotopic (exact) mass is 254 g/mol. The molecule has 0 aromatic heterocycles. The molecule has 2 aliphatic carbocycles. The van der Waals surface area contributed by atoms with E-state index in [9.17, 15) is 8.42 Å². The van der Waals surface area contributed by atoms with E-state index in [1.165, 1.54) is 4.31 Å². The summed E-state index contributed by atoms with van der Waals surface area (Å²) in [5, 5.41) is 0. The molecule has 3 unspecified atom stereocenters. The van der Waals surface area contributed by atoms with Crippen molar-refractivity contribution in [2.24, 2.45) is 11.8 Å². The van der Waals surface area contributed by atoms with E-state index >= 15 is 0 Å². The van der Waals surface area contributed by atoms with E-state index in [2.05, 4.69) is 24.3 Å². The molecule has 3 atom stereocenters. The van der Waals surface area contributed by atoms with Crippen LogP contribution >= 0.6 is 0 Å². The molecule has 1 saturated heterocycles. The average molecular weight is 254 g/mol. The summed E-state index contributed by atoms with van der Waals surface area (Å²) >= 11 is 0. The van der Waals surface area contributed by atoms with Crippen LogP contribution in [0.25, 0.3) is 0 Å². The van der Waals surface area contributed by atoms with Crippen molar-refractivity contribution in [1.82, 2.24) is 8.61 Å². The zero-order valence-electron chi connectivity index (χ0n) is 10.2. The van der Waals surface area contributed by atoms with Crippen LogP contribution in [0.4, 0.5) is 0 Å². The van der Waals surface area contributed by atoms with Crippen molar-refractivity contribution in [2.45, 2.75) is 18.4 Å². The van der Waals surface area contributed by atoms with Crippen LogP contribution in [0, 0.1) is 11.8 Å². The summed E-state index contributed by atoms with van der Waals surface area (Å²) in [5.41, 5.74) is -0.146. The predicted octanol–water partition coefficient (Wildman–Crippen LogP) is 0.999. The third-order valence-corrected chi connectivity index (χ3v) is 6.25. The molecule has 94 valence electrons. The molecule has 4 nitrogen and oxygen atoms in total. The summed E-state index contributed by atoms with van der Waals surface area (Å²) in [5.74, 6) is 0.724. The maximum Gasteiger partial charge on any atom is 0.282 e. The second-order valence-corrected chi connectivity index (χ2v) is 7.40. The maximum atomic E-state index is 12.2. The first-order chi connectivity index (χ1) is 7.99. The molecule has 2 bridgehead atoms. The summed E-state index contributed by atoms with van der Waals surface area (Å²) in [4.78, 5) is 0. The van der Waals surface area contributed by atoms with Gasteiger partial charge in [-0.15, -0.1) is 0 Å². The Hall–Kier alpha value is -0.650. The summed E-state index contributed by atoms with van der Waals surface area (Å²) in [6.45, 7) is 0.678. The molecule has 1 aliphatic heterocycles. The first-order valence-corrected chi connectivity index (χ1v) is 7.43. The van der Waals surface area contributed by atoms with Crippen LogP contribution in [0.3, 0.4) is 0 Å². The lowest BCUT2D eigenvalue weighted by molar-refractivity contribution is 0.344. The van der Waals surface area contributed by atoms with Gasteiger partial charge in [0, 0.05) is 32.5 Å². The smallest absolute Gasteiger partial charge is 0.195 e. The Morgan fingerprint density at radius 1 is 1.18 bits per heavy atom. The van der Waals surface area contributed by atoms with Gasteiger partial charge < -0.3 is 0 Å². The molecular weight excluding hydrogens is 236 g/mol. The number of allylic oxidation sites excluding steroid dienone is 2. The minimum Gasteiger partial charge on any atom is -0.195 e. The Morgan fingerprint density at radius 2 is 1.71 bits per heavy atom. The minimum atomic E-state index is -3.25. The summed E-state index contributed by atoms with van der Waals surface area (Å²) in [7, 11) is -0.0492. The molecule has 0 amide bonds. The highest BCUT2D eigenvalue weighted by Gasteiger charge is 2.67. The second kappa shape index (κ2) is 3.43. The van der Waals surface area contributed by atoms with Crippen LogP contribution in [0.2, 0.25) is 0 Å². The molecule has 0 N–H and O–H groups in total. The molecule has 17 heavy (non-hydrogen) atoms. The lowest BCUT2D eigenvalue weighted by Crippen LogP contribution is -2.38. The quantitative estimate of drug-likeness (QED) is 0.545. The summed E-state index contributed by atoms with van der Waals surface area (Å²) in [6, 6.07) is 0. The third-order valence-electron chi connectivity index (χ3n) is 4.30. The second-order valence-electron chi connectivity index (χ2n) is 5.33. The molecule has 0 aromatic rings. The number of hydrogen-bond donors (Lipinski definition) is 0. The van der Waals surface area contributed by atoms with Crippen LogP contribution in [0.5, 0.6) is 0 Å². The summed E-state index contributed by atoms with van der Waals surface area (Å²) in [6.07, 6.45) is 10.7. The highest BCUT2D eigenvalue weighted by molar-refractivity contribution is 7.87. The van der Waals surface area contributed by atoms with E-state index < -0.39 is 10.2 Å². The minimum absolute atomic E-state index is 0.146. The molecule has 0 saturated carbocycles. The van der Waals surface area contributed by atoms with Crippen LogP contribution in [0.1, 0.15) is 12.8 Å². The lowest BCUT2D eigenvalue weighted by Gasteiger charge is -2.24. The van der Waals surface area contributed by atoms with Gasteiger partial charge in [-0.2, -0.15) is 17.0 Å². The van der Waals surface area contributed by atoms with E-state index in [-0.39, 0.29) is 5.54 Å². The number of nitrogens with zero attached hydrogens (tertiary/aromatic N) is 2. The van der Waals surface area contributed by atoms with E-state index in [1.54, 1.807) is 18.4 Å². The van der Waals surface area contributed by atoms with E-state index in [4.69, 9.17) is 0 Å². The normalized spacial score (nSPS) is 43.4. The van der Waals surface area contributed by atoms with Crippen molar-refractivity contribution >= 4 is 10.2 Å². The van der Waals surface area contributed by atoms with Crippen molar-refractivity contribution in [3.8, 4) is 0 Å². The Bertz CT molecular complexity index is 475. The van der Waals surface area contributed by atoms with Crippen molar-refractivity contribution in [1.29, 1.82) is 0 Å². The van der Waals surface area contributed by atoms with Crippen LogP contribution in [0.15, 0.2) is 24.3 Å². The van der Waals surface area contributed by atoms with Gasteiger partial charge in [0.2, 0.25) is 0 Å². The molecule has 3 rings (SSSR count). The standard InChI is InChI=1S/C12H18N2O2S/c1-13(2)17(15,16)14-9-12(14)10-5-3-4-6-11(12)8-7-10/h3-4,7-8,10-11H,5-6,9H2,1-2H3. The topological polar surface area (TPSA) is 40.4 Å². The molecular formula is C12H18N2O2S. The molecule has 3 aliphatic rings. The largest absolute Gasteiger partial charge is 0.282 e. The summed E-state index contributed by atoms with van der Waals surface area (Å²) < 4.78 is 27.4. The SMILES string of the molecule is CN(C)S(=O)(=O)N1CC12C1C=CC2CC=CC1. The van der Waals surface area contributed by atoms with Gasteiger partial charge >= 0.3 is 0 Å². The fourth-order valence-corrected chi connectivity index (χ4v) is 4.68. The van der Waals surface area contributed by atoms with Crippen molar-refractivity contribution in [2.75, 3.05) is 20.6 Å². The Morgan fingerprint density at radius 3 is 2.18 bits per heavy atom. The molecule has 5 heteroatoms. The van der Waals surface area contributed by atoms with Gasteiger partial charge in [-0.25, -0.2) is 0 Å². The van der Waals surface area contributed by atoms with Gasteiger partial charge in [0.1, 0.15) is 0 Å². The highest BCUT2D eigenvalue weighted by Crippen LogP contribution is 2.56. The average Bonchev–Trinajstić information content (AvgIpc) is 2.88. The molecule has 1 heterocycles. The maximum absolute atomic E-state index is 12.2. The molecule has 1 fully saturated rings. The van der Waals surface area contributed by atoms with Crippen LogP contribution < -0.4 is 0 Å². The Kier molecular flexibility index (Phi) is 2.31. The lowest BCUT2D eigenvalue weighted by atomic mass is 9.86. The Balaban J connectivity index is 1.93. The van der Waals surface area contributed by atoms with Gasteiger partial charge in [0.15, 0.2) is 0 Å². The number of rotatable bonds is 2. The van der Waals surface area contributed by atoms with Crippen molar-refractivity contribution in [3.63, 3.8) is 0 Å². The van der Waals surface area contributed by atoms with Crippen LogP contribution in [-0.2, 0) is 10.2 Å². The first kappa shape index (κ1) is 11.4. The first-order valence-electron chi connectivity index (χ1n) is 6.03. The molecule has 0 aromatic carbocycles. The third kappa shape index (κ3) is 1.39. The van der Waals surface area contributed by atoms with Crippen molar-refractivity contribution in [3.05, 3.63) is 24.3 Å². The van der Waals surface area contributed by atoms with Gasteiger partial charge in [0.05, 0.1) is 5.54 Å². The zero-order chi connectivity index (χ0) is 12.3. The van der Waals surface area contributed by atoms with E-state index in [0.717, 1.165) is 12.8 Å². The zero-order valence-corrected chi connectivity index (χ0v) is 11.0. The van der Waals surface area contributed by atoms with E-state index in [1.807, 2.05) is 0 Å². The van der Waals surface area contributed by atoms with Gasteiger partial charge in [-0.1, -0.05) is 24.3 Å². The fraction of sp³-hybridized carbons (Fsp3) is 0.667. The highest BCUT2D eigenvalue weighted by atomic mass is 32.2. The van der Waals surface area contributed by atoms with Gasteiger partial charge in [-0.3, -0.25) is 0 Å². The Labute approximate surface area is 103 Å². The molecule has 0 radical (unpaired) electrons. The van der Waals surface area contributed by atoms with Gasteiger partial charge in [-0.05, 0) is 12.8 Å². The predicted molar refractivity (Wildman–Crippen MR) is 66.5 cm³/mol. The molecule has 1 spiro atoms. The number of hydrogen-bond acceptors (Lipinski definition) is 2. The fourth-order valence-electron chi connectivity index (χ4n) is 3.22. The van der Waals surface area contributed by atoms with Crippen LogP contribution in [-0.4, -0.2) is 43.2 Å². The van der Waals surface area contributed by atoms with E-state index in [0.29, 0.717) is 18.4 Å².